The van der Waals surface area contributed by atoms with E-state index in [9.17, 15) is 0 Å². The minimum atomic E-state index is 0.705. The maximum absolute atomic E-state index is 4.88. The topological polar surface area (TPSA) is 56.7 Å². The molecule has 0 aliphatic carbocycles. The van der Waals surface area contributed by atoms with Crippen molar-refractivity contribution in [3.05, 3.63) is 53.3 Å². The highest BCUT2D eigenvalue weighted by molar-refractivity contribution is 5.80. The summed E-state index contributed by atoms with van der Waals surface area (Å²) < 4.78 is 0. The number of nitrogens with one attached hydrogen (secondary N) is 1. The van der Waals surface area contributed by atoms with E-state index in [1.165, 1.54) is 16.7 Å². The van der Waals surface area contributed by atoms with Crippen LogP contribution in [0.1, 0.15) is 23.6 Å². The van der Waals surface area contributed by atoms with Crippen LogP contribution in [0.15, 0.2) is 41.7 Å². The Kier molecular flexibility index (Phi) is 6.04. The fraction of sp³-hybridized carbons (Fsp3) is 0.450. The zero-order valence-electron chi connectivity index (χ0n) is 15.9. The Bertz CT molecular complexity index is 735. The molecule has 0 bridgehead atoms. The molecule has 0 radical (unpaired) electrons. The predicted octanol–water partition coefficient (Wildman–Crippen LogP) is 2.38. The van der Waals surface area contributed by atoms with Gasteiger partial charge in [-0.15, -0.1) is 0 Å². The van der Waals surface area contributed by atoms with Crippen LogP contribution in [0.3, 0.4) is 0 Å². The van der Waals surface area contributed by atoms with Gasteiger partial charge in [-0.3, -0.25) is 0 Å². The quantitative estimate of drug-likeness (QED) is 0.676. The van der Waals surface area contributed by atoms with E-state index in [1.54, 1.807) is 12.4 Å². The van der Waals surface area contributed by atoms with Gasteiger partial charge in [-0.1, -0.05) is 23.8 Å². The fourth-order valence-electron chi connectivity index (χ4n) is 3.18. The molecule has 6 heteroatoms. The van der Waals surface area contributed by atoms with Gasteiger partial charge < -0.3 is 15.1 Å². The number of aromatic nitrogens is 2. The molecule has 3 rings (SSSR count). The molecule has 0 saturated carbocycles. The molecule has 1 aromatic carbocycles. The van der Waals surface area contributed by atoms with Crippen LogP contribution in [0.25, 0.3) is 0 Å². The van der Waals surface area contributed by atoms with E-state index in [4.69, 9.17) is 4.99 Å². The molecule has 0 unspecified atom stereocenters. The van der Waals surface area contributed by atoms with Crippen molar-refractivity contribution >= 4 is 11.9 Å². The summed E-state index contributed by atoms with van der Waals surface area (Å²) >= 11 is 0. The van der Waals surface area contributed by atoms with E-state index in [-0.39, 0.29) is 0 Å². The average Bonchev–Trinajstić information content (AvgIpc) is 2.67. The van der Waals surface area contributed by atoms with Gasteiger partial charge in [-0.05, 0) is 38.0 Å². The maximum Gasteiger partial charge on any atom is 0.225 e. The highest BCUT2D eigenvalue weighted by atomic mass is 15.4. The maximum atomic E-state index is 4.88. The van der Waals surface area contributed by atoms with Crippen LogP contribution < -0.4 is 10.2 Å². The van der Waals surface area contributed by atoms with E-state index >= 15 is 0 Å². The number of aliphatic imine (C=N–C) groups is 1. The SMILES string of the molecule is CCNC(=NCc1ccc(C)cc1C)N1CCN(c2ncccn2)CC1. The van der Waals surface area contributed by atoms with Gasteiger partial charge in [0.2, 0.25) is 5.95 Å². The van der Waals surface area contributed by atoms with Crippen LogP contribution in [0.5, 0.6) is 0 Å². The monoisotopic (exact) mass is 352 g/mol. The molecule has 1 aliphatic rings. The zero-order chi connectivity index (χ0) is 18.4. The second-order valence-electron chi connectivity index (χ2n) is 6.62. The molecule has 0 atom stereocenters. The van der Waals surface area contributed by atoms with Crippen molar-refractivity contribution in [1.29, 1.82) is 0 Å². The Labute approximate surface area is 156 Å². The molecule has 2 heterocycles. The highest BCUT2D eigenvalue weighted by Crippen LogP contribution is 2.13. The molecule has 1 N–H and O–H groups in total. The number of piperazine rings is 1. The first-order valence-corrected chi connectivity index (χ1v) is 9.28. The van der Waals surface area contributed by atoms with Crippen molar-refractivity contribution in [3.8, 4) is 0 Å². The van der Waals surface area contributed by atoms with E-state index in [0.717, 1.165) is 44.6 Å². The number of aryl methyl sites for hydroxylation is 2. The molecule has 0 amide bonds. The van der Waals surface area contributed by atoms with Crippen molar-refractivity contribution in [2.75, 3.05) is 37.6 Å². The minimum absolute atomic E-state index is 0.705. The normalized spacial score (nSPS) is 15.3. The van der Waals surface area contributed by atoms with Crippen LogP contribution in [-0.4, -0.2) is 53.6 Å². The van der Waals surface area contributed by atoms with Gasteiger partial charge in [0.05, 0.1) is 6.54 Å². The summed E-state index contributed by atoms with van der Waals surface area (Å²) in [6.07, 6.45) is 3.59. The highest BCUT2D eigenvalue weighted by Gasteiger charge is 2.21. The van der Waals surface area contributed by atoms with E-state index in [2.05, 4.69) is 64.1 Å². The Hall–Kier alpha value is -2.63. The Morgan fingerprint density at radius 1 is 1.12 bits per heavy atom. The molecule has 2 aromatic rings. The Morgan fingerprint density at radius 2 is 1.85 bits per heavy atom. The summed E-state index contributed by atoms with van der Waals surface area (Å²) in [4.78, 5) is 18.1. The van der Waals surface area contributed by atoms with Gasteiger partial charge in [-0.2, -0.15) is 0 Å². The summed E-state index contributed by atoms with van der Waals surface area (Å²) in [6, 6.07) is 8.41. The van der Waals surface area contributed by atoms with Crippen molar-refractivity contribution in [2.45, 2.75) is 27.3 Å². The van der Waals surface area contributed by atoms with Crippen molar-refractivity contribution in [1.82, 2.24) is 20.2 Å². The first-order valence-electron chi connectivity index (χ1n) is 9.28. The van der Waals surface area contributed by atoms with Crippen molar-refractivity contribution in [3.63, 3.8) is 0 Å². The number of hydrogen-bond donors (Lipinski definition) is 1. The van der Waals surface area contributed by atoms with Gasteiger partial charge in [0.15, 0.2) is 5.96 Å². The number of anilines is 1. The van der Waals surface area contributed by atoms with Crippen molar-refractivity contribution in [2.24, 2.45) is 4.99 Å². The first kappa shape index (κ1) is 18.2. The zero-order valence-corrected chi connectivity index (χ0v) is 15.9. The van der Waals surface area contributed by atoms with Crippen LogP contribution in [0, 0.1) is 13.8 Å². The number of nitrogens with zero attached hydrogens (tertiary/aromatic N) is 5. The lowest BCUT2D eigenvalue weighted by Crippen LogP contribution is -2.53. The van der Waals surface area contributed by atoms with Crippen LogP contribution in [0.4, 0.5) is 5.95 Å². The second-order valence-corrected chi connectivity index (χ2v) is 6.62. The molecular formula is C20H28N6. The lowest BCUT2D eigenvalue weighted by molar-refractivity contribution is 0.370. The molecule has 1 aromatic heterocycles. The third-order valence-electron chi connectivity index (χ3n) is 4.65. The molecule has 0 spiro atoms. The van der Waals surface area contributed by atoms with E-state index in [0.29, 0.717) is 6.54 Å². The molecular weight excluding hydrogens is 324 g/mol. The average molecular weight is 352 g/mol. The van der Waals surface area contributed by atoms with Crippen molar-refractivity contribution < 1.29 is 0 Å². The molecule has 1 fully saturated rings. The minimum Gasteiger partial charge on any atom is -0.357 e. The van der Waals surface area contributed by atoms with Gasteiger partial charge in [0.25, 0.3) is 0 Å². The lowest BCUT2D eigenvalue weighted by atomic mass is 10.1. The summed E-state index contributed by atoms with van der Waals surface area (Å²) in [5, 5.41) is 3.43. The Morgan fingerprint density at radius 3 is 2.50 bits per heavy atom. The molecule has 26 heavy (non-hydrogen) atoms. The number of guanidine groups is 1. The molecule has 6 nitrogen and oxygen atoms in total. The summed E-state index contributed by atoms with van der Waals surface area (Å²) in [5.41, 5.74) is 3.87. The summed E-state index contributed by atoms with van der Waals surface area (Å²) in [7, 11) is 0. The van der Waals surface area contributed by atoms with E-state index in [1.807, 2.05) is 6.07 Å². The van der Waals surface area contributed by atoms with Gasteiger partial charge in [0.1, 0.15) is 0 Å². The van der Waals surface area contributed by atoms with Gasteiger partial charge in [0, 0.05) is 45.1 Å². The Balaban J connectivity index is 1.64. The third kappa shape index (κ3) is 4.50. The molecule has 138 valence electrons. The number of benzene rings is 1. The third-order valence-corrected chi connectivity index (χ3v) is 4.65. The standard InChI is InChI=1S/C20H28N6/c1-4-21-19(24-15-18-7-6-16(2)14-17(18)3)25-10-12-26(13-11-25)20-22-8-5-9-23-20/h5-9,14H,4,10-13,15H2,1-3H3,(H,21,24). The predicted molar refractivity (Wildman–Crippen MR) is 107 cm³/mol. The summed E-state index contributed by atoms with van der Waals surface area (Å²) in [6.45, 7) is 11.6. The fourth-order valence-corrected chi connectivity index (χ4v) is 3.18. The second kappa shape index (κ2) is 8.65. The van der Waals surface area contributed by atoms with Gasteiger partial charge >= 0.3 is 0 Å². The smallest absolute Gasteiger partial charge is 0.225 e. The lowest BCUT2D eigenvalue weighted by Gasteiger charge is -2.36. The summed E-state index contributed by atoms with van der Waals surface area (Å²) in [5.74, 6) is 1.80. The van der Waals surface area contributed by atoms with Gasteiger partial charge in [-0.25, -0.2) is 15.0 Å². The first-order chi connectivity index (χ1) is 12.7. The largest absolute Gasteiger partial charge is 0.357 e. The number of rotatable bonds is 4. The van der Waals surface area contributed by atoms with Crippen LogP contribution >= 0.6 is 0 Å². The van der Waals surface area contributed by atoms with Crippen LogP contribution in [-0.2, 0) is 6.54 Å². The number of hydrogen-bond acceptors (Lipinski definition) is 4. The van der Waals surface area contributed by atoms with Crippen LogP contribution in [0.2, 0.25) is 0 Å². The molecule has 1 saturated heterocycles. The molecule has 1 aliphatic heterocycles. The van der Waals surface area contributed by atoms with E-state index < -0.39 is 0 Å².